The number of hydrogen-bond acceptors (Lipinski definition) is 6. The van der Waals surface area contributed by atoms with E-state index in [0.717, 1.165) is 23.2 Å². The second kappa shape index (κ2) is 9.10. The van der Waals surface area contributed by atoms with E-state index in [1.165, 1.54) is 0 Å². The number of allylic oxidation sites excluding steroid dienone is 3. The second-order valence-electron chi connectivity index (χ2n) is 8.68. The molecule has 7 nitrogen and oxygen atoms in total. The molecule has 2 heterocycles. The van der Waals surface area contributed by atoms with E-state index in [1.54, 1.807) is 32.5 Å². The third-order valence-corrected chi connectivity index (χ3v) is 6.17. The maximum Gasteiger partial charge on any atom is 0.255 e. The third kappa shape index (κ3) is 4.23. The van der Waals surface area contributed by atoms with E-state index in [9.17, 15) is 9.59 Å². The number of nitrogens with one attached hydrogen (secondary N) is 2. The Morgan fingerprint density at radius 1 is 1.12 bits per heavy atom. The van der Waals surface area contributed by atoms with Gasteiger partial charge in [0.05, 0.1) is 20.1 Å². The molecule has 2 atom stereocenters. The lowest BCUT2D eigenvalue weighted by atomic mass is 9.72. The van der Waals surface area contributed by atoms with Crippen molar-refractivity contribution in [2.45, 2.75) is 39.5 Å². The van der Waals surface area contributed by atoms with Gasteiger partial charge < -0.3 is 20.1 Å². The number of benzene rings is 1. The lowest BCUT2D eigenvalue weighted by molar-refractivity contribution is -0.117. The van der Waals surface area contributed by atoms with Crippen LogP contribution >= 0.6 is 0 Å². The highest BCUT2D eigenvalue weighted by Crippen LogP contribution is 2.48. The summed E-state index contributed by atoms with van der Waals surface area (Å²) in [4.78, 5) is 31.2. The van der Waals surface area contributed by atoms with E-state index in [-0.39, 0.29) is 17.6 Å². The van der Waals surface area contributed by atoms with Crippen LogP contribution in [0.15, 0.2) is 59.1 Å². The molecule has 1 aromatic carbocycles. The summed E-state index contributed by atoms with van der Waals surface area (Å²) >= 11 is 0. The molecule has 33 heavy (non-hydrogen) atoms. The maximum absolute atomic E-state index is 13.6. The van der Waals surface area contributed by atoms with Crippen LogP contribution in [-0.2, 0) is 9.59 Å². The molecule has 172 valence electrons. The molecule has 2 aromatic rings. The number of para-hydroxylation sites is 1. The summed E-state index contributed by atoms with van der Waals surface area (Å²) in [7, 11) is 3.13. The van der Waals surface area contributed by atoms with E-state index in [2.05, 4.69) is 22.5 Å². The van der Waals surface area contributed by atoms with Crippen LogP contribution in [0.3, 0.4) is 0 Å². The van der Waals surface area contributed by atoms with Crippen LogP contribution in [0.1, 0.15) is 43.7 Å². The zero-order chi connectivity index (χ0) is 23.7. The summed E-state index contributed by atoms with van der Waals surface area (Å²) in [5.41, 5.74) is 4.37. The van der Waals surface area contributed by atoms with Gasteiger partial charge in [-0.3, -0.25) is 9.59 Å². The van der Waals surface area contributed by atoms with Gasteiger partial charge in [0, 0.05) is 40.7 Å². The summed E-state index contributed by atoms with van der Waals surface area (Å²) < 4.78 is 11.2. The van der Waals surface area contributed by atoms with Crippen LogP contribution in [-0.4, -0.2) is 30.9 Å². The summed E-state index contributed by atoms with van der Waals surface area (Å²) in [6.45, 7) is 5.87. The fourth-order valence-corrected chi connectivity index (χ4v) is 4.71. The SMILES string of the molecule is COc1cccc([C@@H]2C(C(=O)Nc3ccc(C)cn3)=C(C)NC3=C2C(=O)C[C@H](C)C3)c1OC. The number of anilines is 1. The molecule has 0 fully saturated rings. The molecule has 1 aromatic heterocycles. The number of aromatic nitrogens is 1. The summed E-state index contributed by atoms with van der Waals surface area (Å²) in [5, 5.41) is 6.26. The molecule has 0 saturated carbocycles. The number of Topliss-reactive ketones (excluding diaryl/α,β-unsaturated/α-hetero) is 1. The Morgan fingerprint density at radius 3 is 2.58 bits per heavy atom. The molecule has 1 aliphatic heterocycles. The van der Waals surface area contributed by atoms with E-state index in [4.69, 9.17) is 9.47 Å². The number of nitrogens with zero attached hydrogens (tertiary/aromatic N) is 1. The van der Waals surface area contributed by atoms with Crippen LogP contribution in [0, 0.1) is 12.8 Å². The van der Waals surface area contributed by atoms with Crippen molar-refractivity contribution in [2.24, 2.45) is 5.92 Å². The lowest BCUT2D eigenvalue weighted by Crippen LogP contribution is -2.37. The Hall–Kier alpha value is -3.61. The van der Waals surface area contributed by atoms with Crippen molar-refractivity contribution in [3.05, 3.63) is 70.2 Å². The van der Waals surface area contributed by atoms with Crippen molar-refractivity contribution >= 4 is 17.5 Å². The number of rotatable bonds is 5. The molecule has 2 aliphatic rings. The van der Waals surface area contributed by atoms with Gasteiger partial charge in [-0.05, 0) is 43.9 Å². The summed E-state index contributed by atoms with van der Waals surface area (Å²) in [5.74, 6) is 0.877. The monoisotopic (exact) mass is 447 g/mol. The first-order valence-electron chi connectivity index (χ1n) is 11.0. The number of hydrogen-bond donors (Lipinski definition) is 2. The molecule has 4 rings (SSSR count). The van der Waals surface area contributed by atoms with Gasteiger partial charge >= 0.3 is 0 Å². The van der Waals surface area contributed by atoms with Gasteiger partial charge in [0.15, 0.2) is 17.3 Å². The van der Waals surface area contributed by atoms with Gasteiger partial charge in [-0.1, -0.05) is 25.1 Å². The number of pyridine rings is 1. The largest absolute Gasteiger partial charge is 0.493 e. The minimum atomic E-state index is -0.586. The quantitative estimate of drug-likeness (QED) is 0.712. The number of amides is 1. The first-order chi connectivity index (χ1) is 15.8. The Morgan fingerprint density at radius 2 is 1.91 bits per heavy atom. The summed E-state index contributed by atoms with van der Waals surface area (Å²) in [6.07, 6.45) is 2.89. The molecular formula is C26H29N3O4. The van der Waals surface area contributed by atoms with Crippen LogP contribution in [0.5, 0.6) is 11.5 Å². The minimum Gasteiger partial charge on any atom is -0.493 e. The molecule has 0 spiro atoms. The van der Waals surface area contributed by atoms with E-state index >= 15 is 0 Å². The van der Waals surface area contributed by atoms with Crippen LogP contribution in [0.2, 0.25) is 0 Å². The van der Waals surface area contributed by atoms with Gasteiger partial charge in [-0.15, -0.1) is 0 Å². The van der Waals surface area contributed by atoms with Gasteiger partial charge in [0.25, 0.3) is 5.91 Å². The predicted molar refractivity (Wildman–Crippen MR) is 126 cm³/mol. The number of aryl methyl sites for hydroxylation is 1. The molecule has 0 unspecified atom stereocenters. The van der Waals surface area contributed by atoms with E-state index < -0.39 is 5.92 Å². The second-order valence-corrected chi connectivity index (χ2v) is 8.68. The average Bonchev–Trinajstić information content (AvgIpc) is 2.78. The lowest BCUT2D eigenvalue weighted by Gasteiger charge is -2.36. The first-order valence-corrected chi connectivity index (χ1v) is 11.0. The van der Waals surface area contributed by atoms with E-state index in [1.807, 2.05) is 32.0 Å². The molecule has 1 aliphatic carbocycles. The highest BCUT2D eigenvalue weighted by molar-refractivity contribution is 6.09. The van der Waals surface area contributed by atoms with Crippen molar-refractivity contribution in [1.29, 1.82) is 0 Å². The molecule has 7 heteroatoms. The Labute approximate surface area is 193 Å². The highest BCUT2D eigenvalue weighted by atomic mass is 16.5. The normalized spacial score (nSPS) is 20.2. The summed E-state index contributed by atoms with van der Waals surface area (Å²) in [6, 6.07) is 9.19. The smallest absolute Gasteiger partial charge is 0.255 e. The number of dihydropyridines is 1. The number of ketones is 1. The van der Waals surface area contributed by atoms with Crippen molar-refractivity contribution in [3.63, 3.8) is 0 Å². The Kier molecular flexibility index (Phi) is 6.22. The average molecular weight is 448 g/mol. The number of carbonyl (C=O) groups excluding carboxylic acids is 2. The maximum atomic E-state index is 13.6. The van der Waals surface area contributed by atoms with Crippen molar-refractivity contribution in [2.75, 3.05) is 19.5 Å². The topological polar surface area (TPSA) is 89.5 Å². The van der Waals surface area contributed by atoms with Crippen LogP contribution in [0.4, 0.5) is 5.82 Å². The fraction of sp³-hybridized carbons (Fsp3) is 0.346. The van der Waals surface area contributed by atoms with Gasteiger partial charge in [0.1, 0.15) is 5.82 Å². The van der Waals surface area contributed by atoms with E-state index in [0.29, 0.717) is 40.6 Å². The zero-order valence-corrected chi connectivity index (χ0v) is 19.6. The molecular weight excluding hydrogens is 418 g/mol. The van der Waals surface area contributed by atoms with Gasteiger partial charge in [0.2, 0.25) is 0 Å². The van der Waals surface area contributed by atoms with Crippen LogP contribution < -0.4 is 20.1 Å². The minimum absolute atomic E-state index is 0.0392. The molecule has 2 N–H and O–H groups in total. The van der Waals surface area contributed by atoms with Crippen molar-refractivity contribution in [1.82, 2.24) is 10.3 Å². The predicted octanol–water partition coefficient (Wildman–Crippen LogP) is 4.26. The molecule has 0 radical (unpaired) electrons. The van der Waals surface area contributed by atoms with Gasteiger partial charge in [-0.2, -0.15) is 0 Å². The van der Waals surface area contributed by atoms with Crippen molar-refractivity contribution < 1.29 is 19.1 Å². The molecule has 0 bridgehead atoms. The van der Waals surface area contributed by atoms with Gasteiger partial charge in [-0.25, -0.2) is 4.98 Å². The Balaban J connectivity index is 1.86. The Bertz CT molecular complexity index is 1160. The molecule has 1 amide bonds. The zero-order valence-electron chi connectivity index (χ0n) is 19.6. The standard InChI is InChI=1S/C26H29N3O4/c1-14-9-10-21(27-13-14)29-26(31)22-16(3)28-18-11-15(2)12-19(30)24(18)23(22)17-7-6-8-20(32-4)25(17)33-5/h6-10,13,15,23,28H,11-12H2,1-5H3,(H,27,29,31)/t15-,23-/m1/s1. The van der Waals surface area contributed by atoms with Crippen molar-refractivity contribution in [3.8, 4) is 11.5 Å². The number of ether oxygens (including phenoxy) is 2. The fourth-order valence-electron chi connectivity index (χ4n) is 4.71. The molecule has 0 saturated heterocycles. The number of carbonyl (C=O) groups is 2. The first kappa shape index (κ1) is 22.6. The highest BCUT2D eigenvalue weighted by Gasteiger charge is 2.41. The third-order valence-electron chi connectivity index (χ3n) is 6.17. The number of methoxy groups -OCH3 is 2. The van der Waals surface area contributed by atoms with Crippen LogP contribution in [0.25, 0.3) is 0 Å².